The van der Waals surface area contributed by atoms with E-state index in [2.05, 4.69) is 28.9 Å². The minimum absolute atomic E-state index is 0.102. The van der Waals surface area contributed by atoms with Gasteiger partial charge in [0.1, 0.15) is 6.61 Å². The average Bonchev–Trinajstić information content (AvgIpc) is 2.40. The zero-order valence-corrected chi connectivity index (χ0v) is 11.4. The summed E-state index contributed by atoms with van der Waals surface area (Å²) in [7, 11) is 0. The summed E-state index contributed by atoms with van der Waals surface area (Å²) in [6.07, 6.45) is 1.68. The van der Waals surface area contributed by atoms with E-state index < -0.39 is 5.60 Å². The van der Waals surface area contributed by atoms with Crippen molar-refractivity contribution < 1.29 is 10.2 Å². The number of likely N-dealkylation sites (tertiary alicyclic amines) is 1. The van der Waals surface area contributed by atoms with E-state index in [0.717, 1.165) is 38.0 Å². The van der Waals surface area contributed by atoms with Crippen LogP contribution in [0.2, 0.25) is 0 Å². The van der Waals surface area contributed by atoms with Crippen LogP contribution in [0.25, 0.3) is 0 Å². The Hall–Kier alpha value is -1.34. The van der Waals surface area contributed by atoms with Crippen molar-refractivity contribution in [2.75, 3.05) is 19.7 Å². The first-order valence-corrected chi connectivity index (χ1v) is 6.72. The van der Waals surface area contributed by atoms with Gasteiger partial charge in [0.15, 0.2) is 0 Å². The number of benzene rings is 1. The summed E-state index contributed by atoms with van der Waals surface area (Å²) in [6, 6.07) is 8.12. The normalized spacial score (nSPS) is 18.7. The van der Waals surface area contributed by atoms with Crippen molar-refractivity contribution in [3.8, 4) is 11.8 Å². The van der Waals surface area contributed by atoms with Gasteiger partial charge in [0.05, 0.1) is 5.60 Å². The molecule has 0 spiro atoms. The van der Waals surface area contributed by atoms with Crippen LogP contribution in [0.3, 0.4) is 0 Å². The van der Waals surface area contributed by atoms with Crippen molar-refractivity contribution in [1.82, 2.24) is 4.90 Å². The van der Waals surface area contributed by atoms with E-state index in [0.29, 0.717) is 0 Å². The maximum absolute atomic E-state index is 9.91. The predicted octanol–water partition coefficient (Wildman–Crippen LogP) is 1.38. The molecule has 0 aromatic heterocycles. The van der Waals surface area contributed by atoms with Crippen molar-refractivity contribution in [3.63, 3.8) is 0 Å². The number of aliphatic hydroxyl groups is 2. The highest BCUT2D eigenvalue weighted by Gasteiger charge is 2.26. The zero-order valence-electron chi connectivity index (χ0n) is 11.4. The Labute approximate surface area is 114 Å². The van der Waals surface area contributed by atoms with Gasteiger partial charge in [-0.1, -0.05) is 24.0 Å². The Morgan fingerprint density at radius 2 is 1.84 bits per heavy atom. The molecule has 1 aliphatic rings. The fourth-order valence-corrected chi connectivity index (χ4v) is 2.29. The topological polar surface area (TPSA) is 43.7 Å². The standard InChI is InChI=1S/C16H21NO2/c1-16(19)8-10-17(11-9-16)13-15-6-4-14(5-7-15)3-2-12-18/h4-7,18-19H,8-13H2,1H3. The number of aliphatic hydroxyl groups excluding tert-OH is 1. The minimum atomic E-state index is -0.486. The molecule has 102 valence electrons. The van der Waals surface area contributed by atoms with Crippen LogP contribution >= 0.6 is 0 Å². The van der Waals surface area contributed by atoms with Crippen LogP contribution < -0.4 is 0 Å². The van der Waals surface area contributed by atoms with Crippen molar-refractivity contribution in [2.45, 2.75) is 31.9 Å². The largest absolute Gasteiger partial charge is 0.390 e. The summed E-state index contributed by atoms with van der Waals surface area (Å²) in [4.78, 5) is 2.37. The van der Waals surface area contributed by atoms with Crippen molar-refractivity contribution in [2.24, 2.45) is 0 Å². The monoisotopic (exact) mass is 259 g/mol. The van der Waals surface area contributed by atoms with Crippen LogP contribution in [0.5, 0.6) is 0 Å². The highest BCUT2D eigenvalue weighted by atomic mass is 16.3. The van der Waals surface area contributed by atoms with Crippen LogP contribution in [0, 0.1) is 11.8 Å². The molecule has 0 unspecified atom stereocenters. The summed E-state index contributed by atoms with van der Waals surface area (Å²) < 4.78 is 0. The second-order valence-corrected chi connectivity index (χ2v) is 5.43. The Kier molecular flexibility index (Phi) is 4.60. The maximum Gasteiger partial charge on any atom is 0.104 e. The molecule has 0 radical (unpaired) electrons. The van der Waals surface area contributed by atoms with Crippen molar-refractivity contribution in [1.29, 1.82) is 0 Å². The number of piperidine rings is 1. The number of nitrogens with zero attached hydrogens (tertiary/aromatic N) is 1. The lowest BCUT2D eigenvalue weighted by Gasteiger charge is -2.35. The van der Waals surface area contributed by atoms with Gasteiger partial charge >= 0.3 is 0 Å². The van der Waals surface area contributed by atoms with Gasteiger partial charge < -0.3 is 10.2 Å². The molecule has 0 atom stereocenters. The first-order chi connectivity index (χ1) is 9.09. The summed E-state index contributed by atoms with van der Waals surface area (Å²) >= 11 is 0. The van der Waals surface area contributed by atoms with Gasteiger partial charge in [0, 0.05) is 25.2 Å². The van der Waals surface area contributed by atoms with Crippen LogP contribution in [0.15, 0.2) is 24.3 Å². The maximum atomic E-state index is 9.91. The van der Waals surface area contributed by atoms with Crippen LogP contribution in [-0.4, -0.2) is 40.4 Å². The first-order valence-electron chi connectivity index (χ1n) is 6.72. The molecule has 0 amide bonds. The average molecular weight is 259 g/mol. The third kappa shape index (κ3) is 4.36. The molecule has 1 fully saturated rings. The molecule has 1 aromatic carbocycles. The first kappa shape index (κ1) is 14.1. The molecule has 0 bridgehead atoms. The summed E-state index contributed by atoms with van der Waals surface area (Å²) in [5, 5.41) is 18.6. The Morgan fingerprint density at radius 3 is 2.42 bits per heavy atom. The molecule has 1 heterocycles. The number of hydrogen-bond acceptors (Lipinski definition) is 3. The third-order valence-corrected chi connectivity index (χ3v) is 3.61. The molecule has 1 saturated heterocycles. The van der Waals surface area contributed by atoms with Crippen molar-refractivity contribution >= 4 is 0 Å². The van der Waals surface area contributed by atoms with E-state index in [4.69, 9.17) is 5.11 Å². The lowest BCUT2D eigenvalue weighted by atomic mass is 9.93. The summed E-state index contributed by atoms with van der Waals surface area (Å²) in [6.45, 7) is 4.62. The molecule has 0 saturated carbocycles. The van der Waals surface area contributed by atoms with Crippen LogP contribution in [0.1, 0.15) is 30.9 Å². The fraction of sp³-hybridized carbons (Fsp3) is 0.500. The van der Waals surface area contributed by atoms with E-state index in [1.807, 2.05) is 19.1 Å². The van der Waals surface area contributed by atoms with Crippen LogP contribution in [-0.2, 0) is 6.54 Å². The SMILES string of the molecule is CC1(O)CCN(Cc2ccc(C#CCO)cc2)CC1. The molecule has 1 aliphatic heterocycles. The molecule has 1 aromatic rings. The van der Waals surface area contributed by atoms with Crippen LogP contribution in [0.4, 0.5) is 0 Å². The smallest absolute Gasteiger partial charge is 0.104 e. The van der Waals surface area contributed by atoms with Gasteiger partial charge in [-0.25, -0.2) is 0 Å². The third-order valence-electron chi connectivity index (χ3n) is 3.61. The molecular formula is C16H21NO2. The van der Waals surface area contributed by atoms with Gasteiger partial charge in [-0.2, -0.15) is 0 Å². The van der Waals surface area contributed by atoms with Crippen molar-refractivity contribution in [3.05, 3.63) is 35.4 Å². The molecule has 2 N–H and O–H groups in total. The fourth-order valence-electron chi connectivity index (χ4n) is 2.29. The Morgan fingerprint density at radius 1 is 1.21 bits per heavy atom. The Balaban J connectivity index is 1.90. The summed E-state index contributed by atoms with van der Waals surface area (Å²) in [5.74, 6) is 5.53. The lowest BCUT2D eigenvalue weighted by molar-refractivity contribution is -0.00729. The Bertz CT molecular complexity index is 458. The predicted molar refractivity (Wildman–Crippen MR) is 75.5 cm³/mol. The molecule has 3 nitrogen and oxygen atoms in total. The number of hydrogen-bond donors (Lipinski definition) is 2. The van der Waals surface area contributed by atoms with Gasteiger partial charge in [-0.15, -0.1) is 0 Å². The van der Waals surface area contributed by atoms with Gasteiger partial charge in [0.2, 0.25) is 0 Å². The van der Waals surface area contributed by atoms with Gasteiger partial charge in [-0.05, 0) is 37.5 Å². The molecule has 3 heteroatoms. The highest BCUT2D eigenvalue weighted by molar-refractivity contribution is 5.36. The van der Waals surface area contributed by atoms with E-state index in [1.54, 1.807) is 0 Å². The minimum Gasteiger partial charge on any atom is -0.390 e. The number of rotatable bonds is 2. The second-order valence-electron chi connectivity index (χ2n) is 5.43. The van der Waals surface area contributed by atoms with Gasteiger partial charge in [0.25, 0.3) is 0 Å². The van der Waals surface area contributed by atoms with E-state index in [9.17, 15) is 5.11 Å². The second kappa shape index (κ2) is 6.21. The quantitative estimate of drug-likeness (QED) is 0.789. The van der Waals surface area contributed by atoms with Gasteiger partial charge in [-0.3, -0.25) is 4.90 Å². The zero-order chi connectivity index (χ0) is 13.7. The van der Waals surface area contributed by atoms with E-state index >= 15 is 0 Å². The molecule has 19 heavy (non-hydrogen) atoms. The molecule has 0 aliphatic carbocycles. The summed E-state index contributed by atoms with van der Waals surface area (Å²) in [5.41, 5.74) is 1.70. The highest BCUT2D eigenvalue weighted by Crippen LogP contribution is 2.22. The van der Waals surface area contributed by atoms with E-state index in [-0.39, 0.29) is 6.61 Å². The molecular weight excluding hydrogens is 238 g/mol. The van der Waals surface area contributed by atoms with E-state index in [1.165, 1.54) is 5.56 Å². The lowest BCUT2D eigenvalue weighted by Crippen LogP contribution is -2.41. The molecule has 2 rings (SSSR count).